The van der Waals surface area contributed by atoms with Crippen LogP contribution in [0.3, 0.4) is 0 Å². The van der Waals surface area contributed by atoms with Gasteiger partial charge in [0.1, 0.15) is 11.6 Å². The molecule has 106 valence electrons. The van der Waals surface area contributed by atoms with E-state index < -0.39 is 0 Å². The Kier molecular flexibility index (Phi) is 5.26. The van der Waals surface area contributed by atoms with E-state index in [1.165, 1.54) is 18.2 Å². The second-order valence-electron chi connectivity index (χ2n) is 4.80. The molecule has 2 aromatic carbocycles. The van der Waals surface area contributed by atoms with E-state index in [1.54, 1.807) is 12.1 Å². The van der Waals surface area contributed by atoms with E-state index in [4.69, 9.17) is 0 Å². The molecule has 0 aliphatic heterocycles. The van der Waals surface area contributed by atoms with Crippen molar-refractivity contribution in [3.63, 3.8) is 0 Å². The van der Waals surface area contributed by atoms with Crippen LogP contribution in [-0.2, 0) is 12.8 Å². The number of hydrogen-bond acceptors (Lipinski definition) is 1. The van der Waals surface area contributed by atoms with Crippen LogP contribution in [0.15, 0.2) is 46.9 Å². The molecule has 20 heavy (non-hydrogen) atoms. The van der Waals surface area contributed by atoms with E-state index in [-0.39, 0.29) is 24.2 Å². The summed E-state index contributed by atoms with van der Waals surface area (Å²) in [6.07, 6.45) is 1.09. The second-order valence-corrected chi connectivity index (χ2v) is 5.59. The third-order valence-corrected chi connectivity index (χ3v) is 4.10. The molecule has 0 aliphatic carbocycles. The number of aliphatic hydroxyl groups is 1. The normalized spacial score (nSPS) is 12.4. The van der Waals surface area contributed by atoms with E-state index in [0.717, 1.165) is 11.1 Å². The lowest BCUT2D eigenvalue weighted by molar-refractivity contribution is 0.224. The van der Waals surface area contributed by atoms with Crippen LogP contribution in [0.5, 0.6) is 0 Å². The third-order valence-electron chi connectivity index (χ3n) is 3.21. The Hall–Kier alpha value is -1.26. The summed E-state index contributed by atoms with van der Waals surface area (Å²) in [5, 5.41) is 9.48. The third kappa shape index (κ3) is 3.87. The van der Waals surface area contributed by atoms with Crippen molar-refractivity contribution >= 4 is 15.9 Å². The minimum Gasteiger partial charge on any atom is -0.396 e. The molecular formula is C16H15BrF2O. The van der Waals surface area contributed by atoms with Gasteiger partial charge in [0.15, 0.2) is 0 Å². The maximum Gasteiger partial charge on any atom is 0.137 e. The number of halogens is 3. The Balaban J connectivity index is 2.11. The van der Waals surface area contributed by atoms with Crippen molar-refractivity contribution in [1.82, 2.24) is 0 Å². The zero-order valence-electron chi connectivity index (χ0n) is 10.8. The molecule has 1 N–H and O–H groups in total. The lowest BCUT2D eigenvalue weighted by atomic mass is 9.93. The largest absolute Gasteiger partial charge is 0.396 e. The van der Waals surface area contributed by atoms with Gasteiger partial charge < -0.3 is 5.11 Å². The molecule has 0 saturated carbocycles. The summed E-state index contributed by atoms with van der Waals surface area (Å²) in [4.78, 5) is 0. The highest BCUT2D eigenvalue weighted by atomic mass is 79.9. The van der Waals surface area contributed by atoms with Gasteiger partial charge in [0.05, 0.1) is 4.47 Å². The minimum atomic E-state index is -0.315. The number of aliphatic hydroxyl groups excluding tert-OH is 1. The summed E-state index contributed by atoms with van der Waals surface area (Å²) >= 11 is 3.22. The van der Waals surface area contributed by atoms with Crippen LogP contribution in [0, 0.1) is 17.6 Å². The summed E-state index contributed by atoms with van der Waals surface area (Å²) in [5.74, 6) is -0.675. The molecular weight excluding hydrogens is 326 g/mol. The average molecular weight is 341 g/mol. The summed E-state index contributed by atoms with van der Waals surface area (Å²) in [6, 6.07) is 11.2. The lowest BCUT2D eigenvalue weighted by Gasteiger charge is -2.15. The van der Waals surface area contributed by atoms with Crippen LogP contribution < -0.4 is 0 Å². The van der Waals surface area contributed by atoms with Crippen molar-refractivity contribution in [2.45, 2.75) is 12.8 Å². The quantitative estimate of drug-likeness (QED) is 0.867. The molecule has 4 heteroatoms. The zero-order valence-corrected chi connectivity index (χ0v) is 12.4. The first-order valence-corrected chi connectivity index (χ1v) is 7.17. The van der Waals surface area contributed by atoms with Crippen LogP contribution in [0.2, 0.25) is 0 Å². The molecule has 2 rings (SSSR count). The molecule has 0 aromatic heterocycles. The van der Waals surface area contributed by atoms with Gasteiger partial charge in [0.25, 0.3) is 0 Å². The van der Waals surface area contributed by atoms with Gasteiger partial charge in [0, 0.05) is 6.61 Å². The molecule has 0 fully saturated rings. The van der Waals surface area contributed by atoms with Crippen LogP contribution in [-0.4, -0.2) is 11.7 Å². The highest BCUT2D eigenvalue weighted by Gasteiger charge is 2.13. The van der Waals surface area contributed by atoms with Gasteiger partial charge in [-0.2, -0.15) is 0 Å². The average Bonchev–Trinajstić information content (AvgIpc) is 2.43. The molecule has 0 amide bonds. The predicted molar refractivity (Wildman–Crippen MR) is 78.5 cm³/mol. The summed E-state index contributed by atoms with van der Waals surface area (Å²) in [6.45, 7) is -0.0283. The maximum atomic E-state index is 13.5. The maximum absolute atomic E-state index is 13.5. The summed E-state index contributed by atoms with van der Waals surface area (Å²) in [5.41, 5.74) is 1.64. The van der Waals surface area contributed by atoms with Crippen molar-refractivity contribution < 1.29 is 13.9 Å². The van der Waals surface area contributed by atoms with E-state index >= 15 is 0 Å². The second kappa shape index (κ2) is 6.95. The molecule has 2 aromatic rings. The van der Waals surface area contributed by atoms with Gasteiger partial charge in [-0.05, 0) is 64.0 Å². The van der Waals surface area contributed by atoms with Crippen LogP contribution in [0.4, 0.5) is 8.78 Å². The molecule has 0 radical (unpaired) electrons. The zero-order chi connectivity index (χ0) is 14.5. The molecule has 0 heterocycles. The molecule has 0 aliphatic rings. The number of rotatable bonds is 5. The Labute approximate surface area is 125 Å². The number of benzene rings is 2. The van der Waals surface area contributed by atoms with Crippen molar-refractivity contribution in [2.75, 3.05) is 6.61 Å². The fourth-order valence-corrected chi connectivity index (χ4v) is 2.64. The first-order chi connectivity index (χ1) is 9.60. The Bertz CT molecular complexity index is 586. The van der Waals surface area contributed by atoms with Crippen molar-refractivity contribution in [3.05, 3.63) is 69.7 Å². The standard InChI is InChI=1S/C16H15BrF2O/c17-16-13(4-2-6-15(16)19)8-12(10-20)7-11-3-1-5-14(18)9-11/h1-6,9,12,20H,7-8,10H2. The van der Waals surface area contributed by atoms with Crippen LogP contribution in [0.25, 0.3) is 0 Å². The van der Waals surface area contributed by atoms with Gasteiger partial charge in [-0.1, -0.05) is 24.3 Å². The summed E-state index contributed by atoms with van der Waals surface area (Å²) in [7, 11) is 0. The van der Waals surface area contributed by atoms with Crippen molar-refractivity contribution in [3.8, 4) is 0 Å². The van der Waals surface area contributed by atoms with E-state index in [0.29, 0.717) is 17.3 Å². The van der Waals surface area contributed by atoms with E-state index in [2.05, 4.69) is 15.9 Å². The highest BCUT2D eigenvalue weighted by Crippen LogP contribution is 2.24. The smallest absolute Gasteiger partial charge is 0.137 e. The van der Waals surface area contributed by atoms with Crippen LogP contribution in [0.1, 0.15) is 11.1 Å². The van der Waals surface area contributed by atoms with Gasteiger partial charge in [-0.15, -0.1) is 0 Å². The van der Waals surface area contributed by atoms with Crippen molar-refractivity contribution in [1.29, 1.82) is 0 Å². The fraction of sp³-hybridized carbons (Fsp3) is 0.250. The van der Waals surface area contributed by atoms with Gasteiger partial charge in [-0.25, -0.2) is 8.78 Å². The lowest BCUT2D eigenvalue weighted by Crippen LogP contribution is -2.13. The van der Waals surface area contributed by atoms with Gasteiger partial charge >= 0.3 is 0 Å². The molecule has 0 saturated heterocycles. The molecule has 1 unspecified atom stereocenters. The van der Waals surface area contributed by atoms with Crippen LogP contribution >= 0.6 is 15.9 Å². The first-order valence-electron chi connectivity index (χ1n) is 6.38. The Morgan fingerprint density at radius 2 is 1.80 bits per heavy atom. The van der Waals surface area contributed by atoms with E-state index in [9.17, 15) is 13.9 Å². The molecule has 0 bridgehead atoms. The van der Waals surface area contributed by atoms with Gasteiger partial charge in [-0.3, -0.25) is 0 Å². The monoisotopic (exact) mass is 340 g/mol. The SMILES string of the molecule is OCC(Cc1cccc(F)c1)Cc1cccc(F)c1Br. The van der Waals surface area contributed by atoms with Crippen molar-refractivity contribution in [2.24, 2.45) is 5.92 Å². The fourth-order valence-electron chi connectivity index (χ4n) is 2.22. The Morgan fingerprint density at radius 3 is 2.50 bits per heavy atom. The number of hydrogen-bond donors (Lipinski definition) is 1. The highest BCUT2D eigenvalue weighted by molar-refractivity contribution is 9.10. The van der Waals surface area contributed by atoms with E-state index in [1.807, 2.05) is 12.1 Å². The van der Waals surface area contributed by atoms with Gasteiger partial charge in [0.2, 0.25) is 0 Å². The summed E-state index contributed by atoms with van der Waals surface area (Å²) < 4.78 is 27.0. The minimum absolute atomic E-state index is 0.0283. The Morgan fingerprint density at radius 1 is 1.05 bits per heavy atom. The molecule has 1 nitrogen and oxygen atoms in total. The first kappa shape index (κ1) is 15.1. The molecule has 1 atom stereocenters. The predicted octanol–water partition coefficient (Wildman–Crippen LogP) is 4.12. The topological polar surface area (TPSA) is 20.2 Å². The molecule has 0 spiro atoms.